The minimum atomic E-state index is -0.854. The van der Waals surface area contributed by atoms with Crippen LogP contribution in [0.5, 0.6) is 0 Å². The third-order valence-electron chi connectivity index (χ3n) is 5.25. The van der Waals surface area contributed by atoms with Gasteiger partial charge >= 0.3 is 0 Å². The van der Waals surface area contributed by atoms with Gasteiger partial charge in [-0.1, -0.05) is 90.9 Å². The van der Waals surface area contributed by atoms with E-state index in [0.29, 0.717) is 0 Å². The van der Waals surface area contributed by atoms with E-state index in [-0.39, 0.29) is 7.43 Å². The molecule has 0 atom stereocenters. The van der Waals surface area contributed by atoms with Crippen molar-refractivity contribution < 1.29 is 0 Å². The zero-order chi connectivity index (χ0) is 11.9. The molecule has 0 aromatic heterocycles. The number of hydrogen-bond donors (Lipinski definition) is 0. The van der Waals surface area contributed by atoms with Crippen molar-refractivity contribution in [3.8, 4) is 0 Å². The molecule has 0 rings (SSSR count). The molecule has 0 spiro atoms. The lowest BCUT2D eigenvalue weighted by molar-refractivity contribution is 1.10. The fraction of sp³-hybridized carbons (Fsp3) is 1.00. The molecule has 0 saturated carbocycles. The summed E-state index contributed by atoms with van der Waals surface area (Å²) in [6.45, 7) is 14.7. The van der Waals surface area contributed by atoms with Crippen molar-refractivity contribution in [3.63, 3.8) is 0 Å². The van der Waals surface area contributed by atoms with Crippen LogP contribution in [-0.4, -0.2) is 16.1 Å². The highest BCUT2D eigenvalue weighted by Gasteiger charge is 2.37. The Morgan fingerprint density at radius 1 is 0.500 bits per heavy atom. The van der Waals surface area contributed by atoms with Crippen molar-refractivity contribution in [3.05, 3.63) is 0 Å². The van der Waals surface area contributed by atoms with Crippen molar-refractivity contribution in [2.75, 3.05) is 0 Å². The summed E-state index contributed by atoms with van der Waals surface area (Å²) in [6, 6.07) is 9.14. The topological polar surface area (TPSA) is 0 Å². The second-order valence-corrected chi connectivity index (χ2v) is 17.0. The average Bonchev–Trinajstić information content (AvgIpc) is 2.33. The van der Waals surface area contributed by atoms with E-state index in [9.17, 15) is 0 Å². The fourth-order valence-electron chi connectivity index (χ4n) is 3.05. The van der Waals surface area contributed by atoms with Gasteiger partial charge in [-0.3, -0.25) is 0 Å². The van der Waals surface area contributed by atoms with Crippen molar-refractivity contribution in [1.29, 1.82) is 0 Å². The molecule has 16 heavy (non-hydrogen) atoms. The summed E-state index contributed by atoms with van der Waals surface area (Å²) in [5.74, 6) is 0. The van der Waals surface area contributed by atoms with Gasteiger partial charge in [0, 0.05) is 0 Å². The Bertz CT molecular complexity index is 124. The minimum Gasteiger partial charge on any atom is -0.0776 e. The van der Waals surface area contributed by atoms with Crippen LogP contribution in [-0.2, 0) is 0 Å². The lowest BCUT2D eigenvalue weighted by Crippen LogP contribution is -2.45. The molecule has 0 aromatic rings. The van der Waals surface area contributed by atoms with Crippen LogP contribution in [0, 0.1) is 0 Å². The maximum absolute atomic E-state index is 2.46. The summed E-state index contributed by atoms with van der Waals surface area (Å²) in [5, 5.41) is 0. The summed E-state index contributed by atoms with van der Waals surface area (Å²) in [6.07, 6.45) is 0. The van der Waals surface area contributed by atoms with Crippen molar-refractivity contribution in [1.82, 2.24) is 0 Å². The zero-order valence-electron chi connectivity index (χ0n) is 11.9. The Morgan fingerprint density at radius 2 is 0.688 bits per heavy atom. The summed E-state index contributed by atoms with van der Waals surface area (Å²) in [5.41, 5.74) is 1.72. The van der Waals surface area contributed by atoms with Gasteiger partial charge in [-0.2, -0.15) is 0 Å². The molecule has 0 nitrogen and oxygen atoms in total. The van der Waals surface area contributed by atoms with E-state index in [4.69, 9.17) is 0 Å². The van der Waals surface area contributed by atoms with Gasteiger partial charge in [0.15, 0.2) is 0 Å². The first-order chi connectivity index (χ1) is 7.07. The largest absolute Gasteiger partial charge is 0.0776 e. The average molecular weight is 261 g/mol. The van der Waals surface area contributed by atoms with Crippen LogP contribution in [0.15, 0.2) is 0 Å². The van der Waals surface area contributed by atoms with Crippen LogP contribution in [0.4, 0.5) is 0 Å². The summed E-state index contributed by atoms with van der Waals surface area (Å²) in [7, 11) is -1.71. The molecule has 0 unspecified atom stereocenters. The monoisotopic (exact) mass is 260 g/mol. The van der Waals surface area contributed by atoms with E-state index in [1.165, 1.54) is 36.3 Å². The van der Waals surface area contributed by atoms with Crippen molar-refractivity contribution in [2.24, 2.45) is 0 Å². The van der Waals surface area contributed by atoms with Crippen molar-refractivity contribution >= 4 is 16.1 Å². The Kier molecular flexibility index (Phi) is 10.00. The van der Waals surface area contributed by atoms with E-state index in [1.54, 1.807) is 5.67 Å². The predicted octanol–water partition coefficient (Wildman–Crippen LogP) is 6.18. The van der Waals surface area contributed by atoms with E-state index < -0.39 is 16.1 Å². The lowest BCUT2D eigenvalue weighted by Gasteiger charge is -2.39. The Balaban J connectivity index is 0. The smallest absolute Gasteiger partial charge is 0.0501 e. The van der Waals surface area contributed by atoms with Crippen LogP contribution in [0.2, 0.25) is 41.9 Å². The van der Waals surface area contributed by atoms with Gasteiger partial charge in [-0.15, -0.1) is 0 Å². The van der Waals surface area contributed by atoms with E-state index >= 15 is 0 Å². The third-order valence-corrected chi connectivity index (χ3v) is 20.2. The Hall–Kier alpha value is 0.434. The van der Waals surface area contributed by atoms with Crippen LogP contribution < -0.4 is 0 Å². The molecule has 0 heterocycles. The second kappa shape index (κ2) is 8.51. The molecule has 0 fully saturated rings. The normalized spacial score (nSPS) is 12.4. The quantitative estimate of drug-likeness (QED) is 0.457. The van der Waals surface area contributed by atoms with Crippen LogP contribution >= 0.6 is 0 Å². The standard InChI is InChI=1S/C13H32Si2.CH4/c1-7-14(8-2,9-3)13-15(10-4,11-5)12-6;/h7-13H2,1-6H3;1H4. The second-order valence-electron chi connectivity index (χ2n) is 5.30. The highest BCUT2D eigenvalue weighted by Crippen LogP contribution is 2.36. The molecule has 0 aliphatic carbocycles. The molecule has 0 aromatic carbocycles. The summed E-state index contributed by atoms with van der Waals surface area (Å²) in [4.78, 5) is 0. The first kappa shape index (κ1) is 18.8. The van der Waals surface area contributed by atoms with Gasteiger partial charge in [-0.25, -0.2) is 0 Å². The molecule has 0 aliphatic heterocycles. The lowest BCUT2D eigenvalue weighted by atomic mass is 10.9. The Morgan fingerprint density at radius 3 is 0.812 bits per heavy atom. The third kappa shape index (κ3) is 4.36. The fourth-order valence-corrected chi connectivity index (χ4v) is 18.4. The molecule has 0 aliphatic rings. The molecular formula is C14H36Si2. The van der Waals surface area contributed by atoms with E-state index in [2.05, 4.69) is 41.5 Å². The van der Waals surface area contributed by atoms with E-state index in [0.717, 1.165) is 0 Å². The molecule has 2 heteroatoms. The summed E-state index contributed by atoms with van der Waals surface area (Å²) < 4.78 is 0. The molecule has 0 saturated heterocycles. The van der Waals surface area contributed by atoms with Crippen LogP contribution in [0.25, 0.3) is 0 Å². The first-order valence-corrected chi connectivity index (χ1v) is 12.7. The molecule has 0 amide bonds. The Labute approximate surface area is 107 Å². The molecular weight excluding hydrogens is 224 g/mol. The summed E-state index contributed by atoms with van der Waals surface area (Å²) >= 11 is 0. The van der Waals surface area contributed by atoms with Gasteiger partial charge in [0.25, 0.3) is 0 Å². The molecule has 0 radical (unpaired) electrons. The molecule has 100 valence electrons. The zero-order valence-corrected chi connectivity index (χ0v) is 13.9. The number of hydrogen-bond acceptors (Lipinski definition) is 0. The van der Waals surface area contributed by atoms with Gasteiger partial charge < -0.3 is 0 Å². The predicted molar refractivity (Wildman–Crippen MR) is 85.9 cm³/mol. The SMILES string of the molecule is C.CC[Si](CC)(CC)C[Si](CC)(CC)CC. The molecule has 0 bridgehead atoms. The van der Waals surface area contributed by atoms with Crippen LogP contribution in [0.3, 0.4) is 0 Å². The minimum absolute atomic E-state index is 0. The number of rotatable bonds is 8. The van der Waals surface area contributed by atoms with Gasteiger partial charge in [0.05, 0.1) is 16.1 Å². The highest BCUT2D eigenvalue weighted by molar-refractivity contribution is 6.97. The van der Waals surface area contributed by atoms with Crippen molar-refractivity contribution in [2.45, 2.75) is 90.9 Å². The molecule has 0 N–H and O–H groups in total. The maximum atomic E-state index is 2.46. The van der Waals surface area contributed by atoms with Crippen LogP contribution in [0.1, 0.15) is 49.0 Å². The van der Waals surface area contributed by atoms with Gasteiger partial charge in [0.2, 0.25) is 0 Å². The van der Waals surface area contributed by atoms with Gasteiger partial charge in [-0.05, 0) is 0 Å². The maximum Gasteiger partial charge on any atom is 0.0501 e. The first-order valence-electron chi connectivity index (χ1n) is 7.07. The highest BCUT2D eigenvalue weighted by atomic mass is 28.4. The van der Waals surface area contributed by atoms with E-state index in [1.807, 2.05) is 0 Å². The van der Waals surface area contributed by atoms with Gasteiger partial charge in [0.1, 0.15) is 0 Å².